The topological polar surface area (TPSA) is 53.2 Å². The van der Waals surface area contributed by atoms with Crippen LogP contribution in [-0.2, 0) is 11.2 Å². The number of nitrogens with one attached hydrogen (secondary N) is 3. The van der Waals surface area contributed by atoms with Crippen molar-refractivity contribution in [3.05, 3.63) is 48.2 Å². The maximum Gasteiger partial charge on any atom is 0.248 e. The predicted molar refractivity (Wildman–Crippen MR) is 74.8 cm³/mol. The summed E-state index contributed by atoms with van der Waals surface area (Å²) < 4.78 is 0. The van der Waals surface area contributed by atoms with Gasteiger partial charge in [0.2, 0.25) is 11.0 Å². The Hall–Kier alpha value is -1.46. The van der Waals surface area contributed by atoms with E-state index in [2.05, 4.69) is 28.1 Å². The maximum atomic E-state index is 11.4. The van der Waals surface area contributed by atoms with E-state index in [4.69, 9.17) is 0 Å². The molecule has 0 saturated carbocycles. The van der Waals surface area contributed by atoms with Gasteiger partial charge in [0.25, 0.3) is 0 Å². The highest BCUT2D eigenvalue weighted by Crippen LogP contribution is 2.15. The lowest BCUT2D eigenvalue weighted by Gasteiger charge is -2.36. The third-order valence-electron chi connectivity index (χ3n) is 2.76. The molecule has 0 saturated heterocycles. The summed E-state index contributed by atoms with van der Waals surface area (Å²) >= 11 is 1.53. The van der Waals surface area contributed by atoms with E-state index in [9.17, 15) is 4.79 Å². The van der Waals surface area contributed by atoms with E-state index in [-0.39, 0.29) is 5.91 Å². The molecule has 2 rings (SSSR count). The van der Waals surface area contributed by atoms with Gasteiger partial charge in [0, 0.05) is 18.8 Å². The first-order chi connectivity index (χ1) is 8.74. The summed E-state index contributed by atoms with van der Waals surface area (Å²) in [5, 5.41) is 8.75. The van der Waals surface area contributed by atoms with Crippen LogP contribution < -0.4 is 16.0 Å². The number of thioether (sulfide) groups is 1. The highest BCUT2D eigenvalue weighted by atomic mass is 32.2. The van der Waals surface area contributed by atoms with Crippen molar-refractivity contribution in [2.75, 3.05) is 12.8 Å². The van der Waals surface area contributed by atoms with Crippen LogP contribution in [0, 0.1) is 0 Å². The van der Waals surface area contributed by atoms with Crippen molar-refractivity contribution in [1.29, 1.82) is 0 Å². The molecule has 0 aromatic heterocycles. The fourth-order valence-corrected chi connectivity index (χ4v) is 2.43. The Balaban J connectivity index is 1.88. The van der Waals surface area contributed by atoms with Gasteiger partial charge in [0.1, 0.15) is 0 Å². The Bertz CT molecular complexity index is 435. The number of carbonyl (C=O) groups excluding carboxylic acids is 1. The minimum atomic E-state index is -0.597. The van der Waals surface area contributed by atoms with Gasteiger partial charge in [0.15, 0.2) is 0 Å². The predicted octanol–water partition coefficient (Wildman–Crippen LogP) is 1.03. The summed E-state index contributed by atoms with van der Waals surface area (Å²) in [6.07, 6.45) is 6.02. The molecule has 1 unspecified atom stereocenters. The average molecular weight is 263 g/mol. The van der Waals surface area contributed by atoms with Crippen LogP contribution in [0.15, 0.2) is 42.6 Å². The summed E-state index contributed by atoms with van der Waals surface area (Å²) in [5.41, 5.74) is 1.28. The maximum absolute atomic E-state index is 11.4. The van der Waals surface area contributed by atoms with Crippen LogP contribution in [0.3, 0.4) is 0 Å². The zero-order valence-electron chi connectivity index (χ0n) is 10.3. The molecule has 3 N–H and O–H groups in total. The lowest BCUT2D eigenvalue weighted by Crippen LogP contribution is -2.65. The Morgan fingerprint density at radius 1 is 1.33 bits per heavy atom. The summed E-state index contributed by atoms with van der Waals surface area (Å²) in [7, 11) is 0. The third-order valence-corrected chi connectivity index (χ3v) is 3.73. The van der Waals surface area contributed by atoms with E-state index in [1.54, 1.807) is 6.20 Å². The van der Waals surface area contributed by atoms with Crippen LogP contribution in [0.1, 0.15) is 5.56 Å². The van der Waals surface area contributed by atoms with Crippen molar-refractivity contribution >= 4 is 17.7 Å². The number of benzene rings is 1. The second kappa shape index (κ2) is 5.93. The molecule has 5 heteroatoms. The summed E-state index contributed by atoms with van der Waals surface area (Å²) in [6, 6.07) is 10.3. The number of amides is 1. The van der Waals surface area contributed by atoms with Crippen molar-refractivity contribution < 1.29 is 4.79 Å². The fourth-order valence-electron chi connectivity index (χ4n) is 1.79. The number of carbonyl (C=O) groups is 1. The first-order valence-electron chi connectivity index (χ1n) is 5.84. The molecule has 1 aromatic rings. The molecule has 0 fully saturated rings. The minimum Gasteiger partial charge on any atom is -0.348 e. The Morgan fingerprint density at radius 2 is 2.11 bits per heavy atom. The van der Waals surface area contributed by atoms with E-state index < -0.39 is 5.12 Å². The Labute approximate surface area is 111 Å². The highest BCUT2D eigenvalue weighted by Gasteiger charge is 2.30. The molecule has 1 amide bonds. The first kappa shape index (κ1) is 13.0. The van der Waals surface area contributed by atoms with Crippen molar-refractivity contribution in [3.63, 3.8) is 0 Å². The van der Waals surface area contributed by atoms with Crippen molar-refractivity contribution in [3.8, 4) is 0 Å². The molecule has 1 aliphatic heterocycles. The highest BCUT2D eigenvalue weighted by molar-refractivity contribution is 7.99. The molecule has 0 radical (unpaired) electrons. The lowest BCUT2D eigenvalue weighted by atomic mass is 10.1. The van der Waals surface area contributed by atoms with Crippen LogP contribution in [0.2, 0.25) is 0 Å². The fraction of sp³-hybridized carbons (Fsp3) is 0.308. The molecule has 1 aromatic carbocycles. The Morgan fingerprint density at radius 3 is 2.78 bits per heavy atom. The second-order valence-corrected chi connectivity index (χ2v) is 5.04. The van der Waals surface area contributed by atoms with Gasteiger partial charge in [-0.1, -0.05) is 42.1 Å². The van der Waals surface area contributed by atoms with Gasteiger partial charge < -0.3 is 10.6 Å². The van der Waals surface area contributed by atoms with Crippen LogP contribution in [0.25, 0.3) is 0 Å². The molecule has 4 nitrogen and oxygen atoms in total. The average Bonchev–Trinajstić information content (AvgIpc) is 2.40. The molecule has 1 heterocycles. The van der Waals surface area contributed by atoms with Crippen LogP contribution in [0.5, 0.6) is 0 Å². The molecule has 0 aliphatic carbocycles. The summed E-state index contributed by atoms with van der Waals surface area (Å²) in [6.45, 7) is 0.784. The third kappa shape index (κ3) is 3.27. The molecule has 1 atom stereocenters. The first-order valence-corrected chi connectivity index (χ1v) is 7.07. The van der Waals surface area contributed by atoms with E-state index in [1.165, 1.54) is 23.4 Å². The minimum absolute atomic E-state index is 0.0877. The zero-order valence-corrected chi connectivity index (χ0v) is 11.1. The SMILES string of the molecule is CSC1(NCCc2ccccc2)NC=CC(=O)N1. The van der Waals surface area contributed by atoms with Crippen LogP contribution in [0.4, 0.5) is 0 Å². The largest absolute Gasteiger partial charge is 0.348 e. The molecule has 1 aliphatic rings. The molecule has 96 valence electrons. The molecule has 0 spiro atoms. The van der Waals surface area contributed by atoms with Crippen molar-refractivity contribution in [2.24, 2.45) is 0 Å². The Kier molecular flexibility index (Phi) is 4.28. The lowest BCUT2D eigenvalue weighted by molar-refractivity contribution is -0.118. The van der Waals surface area contributed by atoms with Gasteiger partial charge in [-0.3, -0.25) is 10.1 Å². The van der Waals surface area contributed by atoms with E-state index in [0.717, 1.165) is 13.0 Å². The quantitative estimate of drug-likeness (QED) is 0.695. The summed E-state index contributed by atoms with van der Waals surface area (Å²) in [5.74, 6) is -0.0877. The monoisotopic (exact) mass is 263 g/mol. The normalized spacial score (nSPS) is 22.4. The van der Waals surface area contributed by atoms with Gasteiger partial charge in [-0.25, -0.2) is 0 Å². The second-order valence-electron chi connectivity index (χ2n) is 4.01. The summed E-state index contributed by atoms with van der Waals surface area (Å²) in [4.78, 5) is 11.4. The van der Waals surface area contributed by atoms with E-state index in [1.807, 2.05) is 24.5 Å². The standard InChI is InChI=1S/C13H17N3OS/c1-18-13(15-10-8-12(17)16-13)14-9-7-11-5-3-2-4-6-11/h2-6,8,10,14-15H,7,9H2,1H3,(H,16,17). The molecule has 0 bridgehead atoms. The van der Waals surface area contributed by atoms with E-state index in [0.29, 0.717) is 0 Å². The number of rotatable bonds is 5. The van der Waals surface area contributed by atoms with Crippen molar-refractivity contribution in [1.82, 2.24) is 16.0 Å². The molecular formula is C13H17N3OS. The number of hydrogen-bond donors (Lipinski definition) is 3. The van der Waals surface area contributed by atoms with Gasteiger partial charge in [-0.2, -0.15) is 0 Å². The van der Waals surface area contributed by atoms with Crippen LogP contribution in [-0.4, -0.2) is 23.8 Å². The van der Waals surface area contributed by atoms with Gasteiger partial charge in [-0.15, -0.1) is 0 Å². The van der Waals surface area contributed by atoms with Crippen molar-refractivity contribution in [2.45, 2.75) is 11.5 Å². The van der Waals surface area contributed by atoms with Gasteiger partial charge in [-0.05, 0) is 18.2 Å². The molecule has 18 heavy (non-hydrogen) atoms. The zero-order chi connectivity index (χ0) is 12.8. The van der Waals surface area contributed by atoms with E-state index >= 15 is 0 Å². The van der Waals surface area contributed by atoms with Gasteiger partial charge >= 0.3 is 0 Å². The van der Waals surface area contributed by atoms with Gasteiger partial charge in [0.05, 0.1) is 0 Å². The number of hydrogen-bond acceptors (Lipinski definition) is 4. The smallest absolute Gasteiger partial charge is 0.248 e. The van der Waals surface area contributed by atoms with Crippen LogP contribution >= 0.6 is 11.8 Å². The molecular weight excluding hydrogens is 246 g/mol.